The molecule has 2 nitrogen and oxygen atoms in total. The first-order chi connectivity index (χ1) is 9.69. The van der Waals surface area contributed by atoms with Gasteiger partial charge in [0, 0.05) is 6.04 Å². The average Bonchev–Trinajstić information content (AvgIpc) is 2.46. The van der Waals surface area contributed by atoms with Gasteiger partial charge in [-0.15, -0.1) is 0 Å². The second kappa shape index (κ2) is 6.99. The molecule has 2 aromatic rings. The summed E-state index contributed by atoms with van der Waals surface area (Å²) in [6.45, 7) is 4.35. The summed E-state index contributed by atoms with van der Waals surface area (Å²) >= 11 is 0. The molecular formula is C18H23NO. The first kappa shape index (κ1) is 14.4. The summed E-state index contributed by atoms with van der Waals surface area (Å²) in [5.41, 5.74) is 3.79. The molecule has 2 rings (SSSR count). The van der Waals surface area contributed by atoms with Crippen molar-refractivity contribution in [3.05, 3.63) is 59.7 Å². The molecule has 1 atom stereocenters. The number of aryl methyl sites for hydroxylation is 2. The highest BCUT2D eigenvalue weighted by Crippen LogP contribution is 2.24. The van der Waals surface area contributed by atoms with Crippen molar-refractivity contribution in [3.8, 4) is 5.75 Å². The van der Waals surface area contributed by atoms with Crippen molar-refractivity contribution in [3.63, 3.8) is 0 Å². The standard InChI is InChI=1S/C18H23NO/c1-14-7-6-8-16(13-14)12-11-15(2)19-17-9-4-5-10-18(17)20-3/h4-10,13,15,19H,11-12H2,1-3H3. The van der Waals surface area contributed by atoms with Crippen molar-refractivity contribution < 1.29 is 4.74 Å². The molecule has 0 fully saturated rings. The van der Waals surface area contributed by atoms with Crippen LogP contribution >= 0.6 is 0 Å². The molecular weight excluding hydrogens is 246 g/mol. The Morgan fingerprint density at radius 3 is 2.65 bits per heavy atom. The van der Waals surface area contributed by atoms with E-state index in [2.05, 4.69) is 49.5 Å². The molecule has 0 aromatic heterocycles. The molecule has 0 aliphatic heterocycles. The lowest BCUT2D eigenvalue weighted by atomic mass is 10.0. The number of ether oxygens (including phenoxy) is 1. The molecule has 2 heteroatoms. The monoisotopic (exact) mass is 269 g/mol. The number of hydrogen-bond donors (Lipinski definition) is 1. The van der Waals surface area contributed by atoms with Crippen LogP contribution in [0.5, 0.6) is 5.75 Å². The fraction of sp³-hybridized carbons (Fsp3) is 0.333. The lowest BCUT2D eigenvalue weighted by molar-refractivity contribution is 0.416. The number of para-hydroxylation sites is 2. The van der Waals surface area contributed by atoms with Crippen LogP contribution in [0.15, 0.2) is 48.5 Å². The molecule has 0 spiro atoms. The van der Waals surface area contributed by atoms with Gasteiger partial charge >= 0.3 is 0 Å². The Kier molecular flexibility index (Phi) is 5.05. The largest absolute Gasteiger partial charge is 0.495 e. The highest BCUT2D eigenvalue weighted by atomic mass is 16.5. The second-order valence-electron chi connectivity index (χ2n) is 5.27. The molecule has 0 saturated heterocycles. The predicted molar refractivity (Wildman–Crippen MR) is 85.6 cm³/mol. The zero-order valence-electron chi connectivity index (χ0n) is 12.5. The minimum Gasteiger partial charge on any atom is -0.495 e. The second-order valence-corrected chi connectivity index (χ2v) is 5.27. The zero-order valence-corrected chi connectivity index (χ0v) is 12.5. The van der Waals surface area contributed by atoms with Gasteiger partial charge in [-0.05, 0) is 44.4 Å². The van der Waals surface area contributed by atoms with Gasteiger partial charge in [-0.2, -0.15) is 0 Å². The summed E-state index contributed by atoms with van der Waals surface area (Å²) in [6.07, 6.45) is 2.19. The van der Waals surface area contributed by atoms with Gasteiger partial charge in [0.2, 0.25) is 0 Å². The fourth-order valence-electron chi connectivity index (χ4n) is 2.35. The average molecular weight is 269 g/mol. The molecule has 0 radical (unpaired) electrons. The highest BCUT2D eigenvalue weighted by Gasteiger charge is 2.06. The quantitative estimate of drug-likeness (QED) is 0.837. The van der Waals surface area contributed by atoms with E-state index in [0.29, 0.717) is 6.04 Å². The van der Waals surface area contributed by atoms with Crippen LogP contribution in [0.1, 0.15) is 24.5 Å². The van der Waals surface area contributed by atoms with E-state index in [4.69, 9.17) is 4.74 Å². The van der Waals surface area contributed by atoms with Crippen LogP contribution < -0.4 is 10.1 Å². The number of nitrogens with one attached hydrogen (secondary N) is 1. The Balaban J connectivity index is 1.91. The van der Waals surface area contributed by atoms with Crippen molar-refractivity contribution >= 4 is 5.69 Å². The van der Waals surface area contributed by atoms with Crippen LogP contribution in [0.3, 0.4) is 0 Å². The summed E-state index contributed by atoms with van der Waals surface area (Å²) in [4.78, 5) is 0. The van der Waals surface area contributed by atoms with Gasteiger partial charge in [0.15, 0.2) is 0 Å². The molecule has 1 N–H and O–H groups in total. The van der Waals surface area contributed by atoms with E-state index in [-0.39, 0.29) is 0 Å². The number of methoxy groups -OCH3 is 1. The summed E-state index contributed by atoms with van der Waals surface area (Å²) in [6, 6.07) is 17.2. The van der Waals surface area contributed by atoms with Gasteiger partial charge in [-0.25, -0.2) is 0 Å². The summed E-state index contributed by atoms with van der Waals surface area (Å²) in [7, 11) is 1.71. The van der Waals surface area contributed by atoms with Gasteiger partial charge in [-0.3, -0.25) is 0 Å². The molecule has 0 aliphatic carbocycles. The van der Waals surface area contributed by atoms with E-state index in [1.807, 2.05) is 18.2 Å². The molecule has 0 amide bonds. The minimum absolute atomic E-state index is 0.409. The van der Waals surface area contributed by atoms with E-state index in [1.54, 1.807) is 7.11 Å². The molecule has 0 heterocycles. The Morgan fingerprint density at radius 2 is 1.90 bits per heavy atom. The van der Waals surface area contributed by atoms with Crippen LogP contribution in [0.25, 0.3) is 0 Å². The maximum Gasteiger partial charge on any atom is 0.141 e. The van der Waals surface area contributed by atoms with Crippen molar-refractivity contribution in [1.29, 1.82) is 0 Å². The topological polar surface area (TPSA) is 21.3 Å². The van der Waals surface area contributed by atoms with Crippen molar-refractivity contribution in [2.75, 3.05) is 12.4 Å². The fourth-order valence-corrected chi connectivity index (χ4v) is 2.35. The summed E-state index contributed by atoms with van der Waals surface area (Å²) in [5, 5.41) is 3.52. The molecule has 106 valence electrons. The Bertz CT molecular complexity index is 551. The number of rotatable bonds is 6. The number of benzene rings is 2. The number of anilines is 1. The molecule has 0 saturated carbocycles. The van der Waals surface area contributed by atoms with E-state index in [1.165, 1.54) is 11.1 Å². The van der Waals surface area contributed by atoms with Crippen LogP contribution in [-0.2, 0) is 6.42 Å². The van der Waals surface area contributed by atoms with Gasteiger partial charge in [0.25, 0.3) is 0 Å². The predicted octanol–water partition coefficient (Wildman–Crippen LogP) is 4.44. The zero-order chi connectivity index (χ0) is 14.4. The first-order valence-corrected chi connectivity index (χ1v) is 7.14. The highest BCUT2D eigenvalue weighted by molar-refractivity contribution is 5.56. The summed E-state index contributed by atoms with van der Waals surface area (Å²) in [5.74, 6) is 0.898. The normalized spacial score (nSPS) is 11.9. The molecule has 0 bridgehead atoms. The van der Waals surface area contributed by atoms with Crippen LogP contribution in [-0.4, -0.2) is 13.2 Å². The number of hydrogen-bond acceptors (Lipinski definition) is 2. The van der Waals surface area contributed by atoms with E-state index in [9.17, 15) is 0 Å². The molecule has 0 aliphatic rings. The van der Waals surface area contributed by atoms with Gasteiger partial charge in [-0.1, -0.05) is 42.0 Å². The smallest absolute Gasteiger partial charge is 0.141 e. The van der Waals surface area contributed by atoms with Crippen molar-refractivity contribution in [2.24, 2.45) is 0 Å². The van der Waals surface area contributed by atoms with E-state index >= 15 is 0 Å². The lowest BCUT2D eigenvalue weighted by Gasteiger charge is -2.17. The van der Waals surface area contributed by atoms with Crippen molar-refractivity contribution in [1.82, 2.24) is 0 Å². The first-order valence-electron chi connectivity index (χ1n) is 7.14. The van der Waals surface area contributed by atoms with E-state index < -0.39 is 0 Å². The minimum atomic E-state index is 0.409. The maximum atomic E-state index is 5.36. The Morgan fingerprint density at radius 1 is 1.10 bits per heavy atom. The SMILES string of the molecule is COc1ccccc1NC(C)CCc1cccc(C)c1. The lowest BCUT2D eigenvalue weighted by Crippen LogP contribution is -2.16. The van der Waals surface area contributed by atoms with Gasteiger partial charge in [0.1, 0.15) is 5.75 Å². The maximum absolute atomic E-state index is 5.36. The summed E-state index contributed by atoms with van der Waals surface area (Å²) < 4.78 is 5.36. The Hall–Kier alpha value is -1.96. The third-order valence-corrected chi connectivity index (χ3v) is 3.46. The van der Waals surface area contributed by atoms with Crippen LogP contribution in [0, 0.1) is 6.92 Å². The van der Waals surface area contributed by atoms with E-state index in [0.717, 1.165) is 24.3 Å². The molecule has 1 unspecified atom stereocenters. The Labute approximate surface area is 121 Å². The molecule has 20 heavy (non-hydrogen) atoms. The van der Waals surface area contributed by atoms with Crippen molar-refractivity contribution in [2.45, 2.75) is 32.7 Å². The van der Waals surface area contributed by atoms with Gasteiger partial charge in [0.05, 0.1) is 12.8 Å². The third kappa shape index (κ3) is 4.02. The van der Waals surface area contributed by atoms with Gasteiger partial charge < -0.3 is 10.1 Å². The third-order valence-electron chi connectivity index (χ3n) is 3.46. The molecule has 2 aromatic carbocycles. The van der Waals surface area contributed by atoms with Crippen LogP contribution in [0.2, 0.25) is 0 Å². The van der Waals surface area contributed by atoms with Crippen LogP contribution in [0.4, 0.5) is 5.69 Å².